The molecule has 6 nitrogen and oxygen atoms in total. The lowest BCUT2D eigenvalue weighted by Gasteiger charge is -2.27. The van der Waals surface area contributed by atoms with Crippen LogP contribution in [-0.4, -0.2) is 0 Å². The van der Waals surface area contributed by atoms with Gasteiger partial charge in [-0.3, -0.25) is 0 Å². The first kappa shape index (κ1) is 37.0. The van der Waals surface area contributed by atoms with Crippen LogP contribution in [-0.2, 0) is 0 Å². The van der Waals surface area contributed by atoms with Gasteiger partial charge in [-0.15, -0.1) is 0 Å². The average molecular weight is 873 g/mol. The lowest BCUT2D eigenvalue weighted by Crippen LogP contribution is -2.10. The van der Waals surface area contributed by atoms with Crippen LogP contribution in [0.1, 0.15) is 0 Å². The zero-order valence-corrected chi connectivity index (χ0v) is 36.3. The number of anilines is 6. The highest BCUT2D eigenvalue weighted by molar-refractivity contribution is 6.28. The Kier molecular flexibility index (Phi) is 7.69. The topological polar surface area (TPSA) is 59.0 Å². The molecule has 0 bridgehead atoms. The maximum Gasteiger partial charge on any atom is 0.138 e. The minimum atomic E-state index is 0.795. The van der Waals surface area contributed by atoms with Gasteiger partial charge in [0.15, 0.2) is 0 Å². The number of benzene rings is 11. The van der Waals surface area contributed by atoms with Crippen LogP contribution >= 0.6 is 0 Å². The number of furan rings is 4. The first-order valence-corrected chi connectivity index (χ1v) is 22.9. The number of nitrogens with zero attached hydrogens (tertiary/aromatic N) is 2. The summed E-state index contributed by atoms with van der Waals surface area (Å²) in [4.78, 5) is 4.61. The molecule has 11 aromatic carbocycles. The molecule has 0 N–H and O–H groups in total. The van der Waals surface area contributed by atoms with E-state index < -0.39 is 0 Å². The van der Waals surface area contributed by atoms with E-state index in [9.17, 15) is 0 Å². The van der Waals surface area contributed by atoms with Gasteiger partial charge in [0.1, 0.15) is 44.7 Å². The summed E-state index contributed by atoms with van der Waals surface area (Å²) in [6.07, 6.45) is 0. The van der Waals surface area contributed by atoms with Gasteiger partial charge in [-0.05, 0) is 83.6 Å². The third kappa shape index (κ3) is 5.40. The summed E-state index contributed by atoms with van der Waals surface area (Å²) in [5.74, 6) is 0. The average Bonchev–Trinajstić information content (AvgIpc) is 4.16. The second-order valence-electron chi connectivity index (χ2n) is 17.6. The molecule has 0 amide bonds. The zero-order chi connectivity index (χ0) is 44.5. The summed E-state index contributed by atoms with van der Waals surface area (Å²) in [5, 5.41) is 12.8. The Labute approximate surface area is 387 Å². The molecule has 0 saturated carbocycles. The van der Waals surface area contributed by atoms with E-state index in [0.717, 1.165) is 143 Å². The van der Waals surface area contributed by atoms with Gasteiger partial charge in [0.25, 0.3) is 0 Å². The van der Waals surface area contributed by atoms with Crippen molar-refractivity contribution >= 4 is 143 Å². The van der Waals surface area contributed by atoms with Crippen LogP contribution < -0.4 is 9.80 Å². The second-order valence-corrected chi connectivity index (χ2v) is 17.6. The number of para-hydroxylation sites is 4. The molecule has 0 atom stereocenters. The first-order chi connectivity index (χ1) is 33.7. The van der Waals surface area contributed by atoms with Crippen LogP contribution in [0.4, 0.5) is 34.1 Å². The predicted molar refractivity (Wildman–Crippen MR) is 280 cm³/mol. The third-order valence-corrected chi connectivity index (χ3v) is 13.8. The molecule has 0 fully saturated rings. The largest absolute Gasteiger partial charge is 0.456 e. The molecule has 0 radical (unpaired) electrons. The summed E-state index contributed by atoms with van der Waals surface area (Å²) >= 11 is 0. The van der Waals surface area contributed by atoms with E-state index in [1.54, 1.807) is 0 Å². The van der Waals surface area contributed by atoms with Gasteiger partial charge in [0.2, 0.25) is 0 Å². The van der Waals surface area contributed by atoms with E-state index >= 15 is 0 Å². The Morgan fingerprint density at radius 1 is 0.206 bits per heavy atom. The van der Waals surface area contributed by atoms with Gasteiger partial charge >= 0.3 is 0 Å². The first-order valence-electron chi connectivity index (χ1n) is 22.9. The fourth-order valence-corrected chi connectivity index (χ4v) is 10.8. The van der Waals surface area contributed by atoms with Gasteiger partial charge < -0.3 is 27.5 Å². The van der Waals surface area contributed by atoms with Gasteiger partial charge in [-0.25, -0.2) is 0 Å². The molecule has 4 heterocycles. The maximum absolute atomic E-state index is 7.00. The highest BCUT2D eigenvalue weighted by atomic mass is 16.3. The molecule has 0 spiro atoms. The van der Waals surface area contributed by atoms with Gasteiger partial charge in [0, 0.05) is 101 Å². The van der Waals surface area contributed by atoms with E-state index in [1.165, 1.54) is 0 Å². The Hall–Kier alpha value is -9.26. The number of hydrogen-bond donors (Lipinski definition) is 0. The Bertz CT molecular complexity index is 4230. The standard InChI is InChI=1S/C62H36N2O4/c1-3-15-37(16-4-1)63(39-27-29-45-43-21-11-13-25-53(43)65-55(45)31-39)51-35-59-61(47-23-9-7-19-41(47)51)49-33-58-50(34-57(49)67-59)62-48-24-10-8-20-42(48)52(36-60(62)68-58)64(38-17-5-2-6-18-38)40-28-30-46-44-22-12-14-26-54(44)66-56(46)32-40/h1-36H. The van der Waals surface area contributed by atoms with E-state index in [-0.39, 0.29) is 0 Å². The van der Waals surface area contributed by atoms with Crippen molar-refractivity contribution in [3.05, 3.63) is 218 Å². The molecule has 68 heavy (non-hydrogen) atoms. The molecule has 0 saturated heterocycles. The predicted octanol–water partition coefficient (Wildman–Crippen LogP) is 18.5. The summed E-state index contributed by atoms with van der Waals surface area (Å²) in [5.41, 5.74) is 12.6. The third-order valence-electron chi connectivity index (χ3n) is 13.8. The smallest absolute Gasteiger partial charge is 0.138 e. The van der Waals surface area contributed by atoms with Crippen LogP contribution in [0.5, 0.6) is 0 Å². The van der Waals surface area contributed by atoms with Crippen LogP contribution in [0.2, 0.25) is 0 Å². The fraction of sp³-hybridized carbons (Fsp3) is 0. The van der Waals surface area contributed by atoms with Crippen molar-refractivity contribution in [1.29, 1.82) is 0 Å². The molecule has 0 aliphatic carbocycles. The number of fused-ring (bicyclic) bond motifs is 16. The van der Waals surface area contributed by atoms with Crippen molar-refractivity contribution in [3.8, 4) is 0 Å². The van der Waals surface area contributed by atoms with Crippen molar-refractivity contribution in [2.75, 3.05) is 9.80 Å². The maximum atomic E-state index is 7.00. The summed E-state index contributed by atoms with van der Waals surface area (Å²) < 4.78 is 26.8. The number of hydrogen-bond acceptors (Lipinski definition) is 6. The van der Waals surface area contributed by atoms with Crippen molar-refractivity contribution in [2.24, 2.45) is 0 Å². The highest BCUT2D eigenvalue weighted by Gasteiger charge is 2.25. The summed E-state index contributed by atoms with van der Waals surface area (Å²) in [7, 11) is 0. The van der Waals surface area contributed by atoms with Gasteiger partial charge in [-0.2, -0.15) is 0 Å². The van der Waals surface area contributed by atoms with Crippen molar-refractivity contribution in [1.82, 2.24) is 0 Å². The molecule has 6 heteroatoms. The lowest BCUT2D eigenvalue weighted by molar-refractivity contribution is 0.664. The quantitative estimate of drug-likeness (QED) is 0.166. The molecule has 0 unspecified atom stereocenters. The van der Waals surface area contributed by atoms with E-state index in [1.807, 2.05) is 24.3 Å². The highest BCUT2D eigenvalue weighted by Crippen LogP contribution is 2.49. The normalized spacial score (nSPS) is 12.1. The van der Waals surface area contributed by atoms with Crippen LogP contribution in [0.25, 0.3) is 109 Å². The van der Waals surface area contributed by atoms with Crippen molar-refractivity contribution in [3.63, 3.8) is 0 Å². The Morgan fingerprint density at radius 2 is 0.544 bits per heavy atom. The molecular weight excluding hydrogens is 837 g/mol. The lowest BCUT2D eigenvalue weighted by atomic mass is 9.98. The molecule has 15 aromatic rings. The molecule has 0 aliphatic heterocycles. The molecule has 318 valence electrons. The number of rotatable bonds is 6. The fourth-order valence-electron chi connectivity index (χ4n) is 10.8. The molecule has 15 rings (SSSR count). The van der Waals surface area contributed by atoms with Crippen LogP contribution in [0.15, 0.2) is 236 Å². The summed E-state index contributed by atoms with van der Waals surface area (Å²) in [6.45, 7) is 0. The SMILES string of the molecule is c1ccc(N(c2ccc3c(c2)oc2ccccc23)c2cc3oc4cc5c(cc4c3c3ccccc23)oc2cc(N(c3ccccc3)c3ccc4c(c3)oc3ccccc34)c3ccccc3c25)cc1. The van der Waals surface area contributed by atoms with E-state index in [2.05, 4.69) is 204 Å². The molecular formula is C62H36N2O4. The zero-order valence-electron chi connectivity index (χ0n) is 36.3. The minimum Gasteiger partial charge on any atom is -0.456 e. The van der Waals surface area contributed by atoms with Gasteiger partial charge in [0.05, 0.1) is 11.4 Å². The van der Waals surface area contributed by atoms with Crippen LogP contribution in [0, 0.1) is 0 Å². The Morgan fingerprint density at radius 3 is 0.985 bits per heavy atom. The second kappa shape index (κ2) is 14.1. The van der Waals surface area contributed by atoms with Crippen LogP contribution in [0.3, 0.4) is 0 Å². The summed E-state index contributed by atoms with van der Waals surface area (Å²) in [6, 6.07) is 76.4. The Balaban J connectivity index is 0.934. The monoisotopic (exact) mass is 872 g/mol. The van der Waals surface area contributed by atoms with Gasteiger partial charge in [-0.1, -0.05) is 121 Å². The minimum absolute atomic E-state index is 0.795. The molecule has 0 aliphatic rings. The van der Waals surface area contributed by atoms with E-state index in [0.29, 0.717) is 0 Å². The molecule has 4 aromatic heterocycles. The van der Waals surface area contributed by atoms with Crippen molar-refractivity contribution in [2.45, 2.75) is 0 Å². The van der Waals surface area contributed by atoms with E-state index in [4.69, 9.17) is 17.7 Å². The van der Waals surface area contributed by atoms with Crippen molar-refractivity contribution < 1.29 is 17.7 Å².